The topological polar surface area (TPSA) is 22.4 Å². The average molecular weight is 264 g/mol. The Balaban J connectivity index is 2.00. The van der Waals surface area contributed by atoms with Crippen molar-refractivity contribution in [3.8, 4) is 28.2 Å². The molecule has 1 aromatic heterocycles. The third-order valence-electron chi connectivity index (χ3n) is 3.38. The summed E-state index contributed by atoms with van der Waals surface area (Å²) in [5, 5.41) is 0. The largest absolute Gasteiger partial charge is 0.497 e. The summed E-state index contributed by atoms with van der Waals surface area (Å²) in [6.07, 6.45) is 0. The molecule has 0 aliphatic rings. The van der Waals surface area contributed by atoms with Crippen LogP contribution in [0.15, 0.2) is 65.1 Å². The fourth-order valence-corrected chi connectivity index (χ4v) is 2.28. The van der Waals surface area contributed by atoms with E-state index in [1.165, 1.54) is 5.56 Å². The van der Waals surface area contributed by atoms with Gasteiger partial charge in [-0.05, 0) is 42.8 Å². The first-order valence-electron chi connectivity index (χ1n) is 6.58. The second kappa shape index (κ2) is 5.25. The Morgan fingerprint density at radius 1 is 0.850 bits per heavy atom. The molecule has 0 unspecified atom stereocenters. The van der Waals surface area contributed by atoms with Gasteiger partial charge < -0.3 is 9.15 Å². The molecule has 3 aromatic rings. The Kier molecular flexibility index (Phi) is 3.30. The Labute approximate surface area is 118 Å². The van der Waals surface area contributed by atoms with E-state index in [9.17, 15) is 0 Å². The first-order chi connectivity index (χ1) is 9.78. The molecule has 0 N–H and O–H groups in total. The van der Waals surface area contributed by atoms with E-state index in [2.05, 4.69) is 18.2 Å². The van der Waals surface area contributed by atoms with Crippen molar-refractivity contribution < 1.29 is 9.15 Å². The van der Waals surface area contributed by atoms with Gasteiger partial charge >= 0.3 is 0 Å². The van der Waals surface area contributed by atoms with Crippen LogP contribution in [0, 0.1) is 6.92 Å². The fraction of sp³-hybridized carbons (Fsp3) is 0.111. The molecule has 100 valence electrons. The number of benzene rings is 2. The van der Waals surface area contributed by atoms with E-state index in [1.54, 1.807) is 7.11 Å². The minimum absolute atomic E-state index is 0.848. The van der Waals surface area contributed by atoms with Crippen molar-refractivity contribution in [2.45, 2.75) is 6.92 Å². The van der Waals surface area contributed by atoms with Gasteiger partial charge in [-0.15, -0.1) is 0 Å². The molecule has 0 bridgehead atoms. The minimum atomic E-state index is 0.848. The van der Waals surface area contributed by atoms with Crippen molar-refractivity contribution >= 4 is 0 Å². The molecule has 20 heavy (non-hydrogen) atoms. The van der Waals surface area contributed by atoms with E-state index >= 15 is 0 Å². The van der Waals surface area contributed by atoms with Gasteiger partial charge in [0.25, 0.3) is 0 Å². The summed E-state index contributed by atoms with van der Waals surface area (Å²) in [5.41, 5.74) is 3.36. The van der Waals surface area contributed by atoms with Crippen LogP contribution in [0.2, 0.25) is 0 Å². The van der Waals surface area contributed by atoms with E-state index in [1.807, 2.05) is 49.4 Å². The van der Waals surface area contributed by atoms with Crippen LogP contribution >= 0.6 is 0 Å². The molecule has 0 spiro atoms. The molecule has 2 aromatic carbocycles. The zero-order valence-electron chi connectivity index (χ0n) is 11.6. The number of hydrogen-bond acceptors (Lipinski definition) is 2. The van der Waals surface area contributed by atoms with E-state index < -0.39 is 0 Å². The average Bonchev–Trinajstić information content (AvgIpc) is 2.90. The molecule has 0 atom stereocenters. The molecular formula is C18H16O2. The second-order valence-electron chi connectivity index (χ2n) is 4.68. The van der Waals surface area contributed by atoms with Gasteiger partial charge in [0.05, 0.1) is 7.11 Å². The summed E-state index contributed by atoms with van der Waals surface area (Å²) in [6, 6.07) is 20.3. The number of aryl methyl sites for hydroxylation is 1. The van der Waals surface area contributed by atoms with Crippen LogP contribution in [-0.2, 0) is 0 Å². The zero-order valence-corrected chi connectivity index (χ0v) is 11.6. The molecule has 0 fully saturated rings. The lowest BCUT2D eigenvalue weighted by Crippen LogP contribution is -1.81. The molecule has 0 aliphatic carbocycles. The molecular weight excluding hydrogens is 248 g/mol. The van der Waals surface area contributed by atoms with Gasteiger partial charge in [0.15, 0.2) is 0 Å². The van der Waals surface area contributed by atoms with Crippen molar-refractivity contribution in [3.63, 3.8) is 0 Å². The van der Waals surface area contributed by atoms with Gasteiger partial charge in [-0.25, -0.2) is 0 Å². The van der Waals surface area contributed by atoms with Crippen molar-refractivity contribution in [1.29, 1.82) is 0 Å². The maximum atomic E-state index is 5.89. The lowest BCUT2D eigenvalue weighted by molar-refractivity contribution is 0.415. The number of methoxy groups -OCH3 is 1. The highest BCUT2D eigenvalue weighted by Gasteiger charge is 2.10. The van der Waals surface area contributed by atoms with E-state index in [-0.39, 0.29) is 0 Å². The molecule has 0 radical (unpaired) electrons. The van der Waals surface area contributed by atoms with Crippen LogP contribution in [0.25, 0.3) is 22.5 Å². The number of furan rings is 1. The highest BCUT2D eigenvalue weighted by molar-refractivity contribution is 5.72. The smallest absolute Gasteiger partial charge is 0.134 e. The number of ether oxygens (including phenoxy) is 1. The maximum absolute atomic E-state index is 5.89. The fourth-order valence-electron chi connectivity index (χ4n) is 2.28. The van der Waals surface area contributed by atoms with Gasteiger partial charge in [-0.2, -0.15) is 0 Å². The molecule has 0 saturated carbocycles. The normalized spacial score (nSPS) is 10.5. The highest BCUT2D eigenvalue weighted by atomic mass is 16.5. The minimum Gasteiger partial charge on any atom is -0.497 e. The molecule has 0 amide bonds. The second-order valence-corrected chi connectivity index (χ2v) is 4.68. The summed E-state index contributed by atoms with van der Waals surface area (Å²) < 4.78 is 11.1. The molecule has 3 rings (SSSR count). The lowest BCUT2D eigenvalue weighted by Gasteiger charge is -2.00. The maximum Gasteiger partial charge on any atom is 0.134 e. The van der Waals surface area contributed by atoms with Crippen LogP contribution in [0.4, 0.5) is 0 Å². The molecule has 0 aliphatic heterocycles. The van der Waals surface area contributed by atoms with E-state index in [0.717, 1.165) is 28.4 Å². The van der Waals surface area contributed by atoms with Crippen LogP contribution < -0.4 is 4.74 Å². The Bertz CT molecular complexity index is 694. The molecule has 0 saturated heterocycles. The third kappa shape index (κ3) is 2.32. The summed E-state index contributed by atoms with van der Waals surface area (Å²) in [5.74, 6) is 2.66. The molecule has 2 nitrogen and oxygen atoms in total. The van der Waals surface area contributed by atoms with Crippen molar-refractivity contribution in [1.82, 2.24) is 0 Å². The van der Waals surface area contributed by atoms with Gasteiger partial charge in [0.1, 0.15) is 17.3 Å². The summed E-state index contributed by atoms with van der Waals surface area (Å²) in [4.78, 5) is 0. The van der Waals surface area contributed by atoms with Gasteiger partial charge in [0, 0.05) is 11.1 Å². The number of hydrogen-bond donors (Lipinski definition) is 0. The Morgan fingerprint density at radius 3 is 2.20 bits per heavy atom. The van der Waals surface area contributed by atoms with Crippen molar-refractivity contribution in [3.05, 3.63) is 66.4 Å². The summed E-state index contributed by atoms with van der Waals surface area (Å²) in [7, 11) is 1.67. The van der Waals surface area contributed by atoms with Gasteiger partial charge in [-0.1, -0.05) is 30.3 Å². The van der Waals surface area contributed by atoms with E-state index in [4.69, 9.17) is 9.15 Å². The standard InChI is InChI=1S/C18H16O2/c1-13-17(14-6-4-3-5-7-14)12-18(20-13)15-8-10-16(19-2)11-9-15/h3-12H,1-2H3. The van der Waals surface area contributed by atoms with Crippen LogP contribution in [0.1, 0.15) is 5.76 Å². The van der Waals surface area contributed by atoms with Gasteiger partial charge in [0.2, 0.25) is 0 Å². The molecule has 2 heteroatoms. The monoisotopic (exact) mass is 264 g/mol. The summed E-state index contributed by atoms with van der Waals surface area (Å²) in [6.45, 7) is 2.00. The highest BCUT2D eigenvalue weighted by Crippen LogP contribution is 2.32. The quantitative estimate of drug-likeness (QED) is 0.669. The van der Waals surface area contributed by atoms with Crippen LogP contribution in [-0.4, -0.2) is 7.11 Å². The third-order valence-corrected chi connectivity index (χ3v) is 3.38. The predicted octanol–water partition coefficient (Wildman–Crippen LogP) is 4.93. The first-order valence-corrected chi connectivity index (χ1v) is 6.58. The first kappa shape index (κ1) is 12.5. The lowest BCUT2D eigenvalue weighted by atomic mass is 10.1. The molecule has 1 heterocycles. The van der Waals surface area contributed by atoms with Crippen molar-refractivity contribution in [2.24, 2.45) is 0 Å². The summed E-state index contributed by atoms with van der Waals surface area (Å²) >= 11 is 0. The Hall–Kier alpha value is -2.48. The van der Waals surface area contributed by atoms with E-state index in [0.29, 0.717) is 0 Å². The SMILES string of the molecule is COc1ccc(-c2cc(-c3ccccc3)c(C)o2)cc1. The zero-order chi connectivity index (χ0) is 13.9. The Morgan fingerprint density at radius 2 is 1.55 bits per heavy atom. The predicted molar refractivity (Wildman–Crippen MR) is 80.9 cm³/mol. The van der Waals surface area contributed by atoms with Crippen molar-refractivity contribution in [2.75, 3.05) is 7.11 Å². The van der Waals surface area contributed by atoms with Crippen LogP contribution in [0.5, 0.6) is 5.75 Å². The number of rotatable bonds is 3. The van der Waals surface area contributed by atoms with Crippen LogP contribution in [0.3, 0.4) is 0 Å². The van der Waals surface area contributed by atoms with Gasteiger partial charge in [-0.3, -0.25) is 0 Å².